The molecule has 1 atom stereocenters. The van der Waals surface area contributed by atoms with Crippen molar-refractivity contribution in [1.29, 1.82) is 0 Å². The quantitative estimate of drug-likeness (QED) is 0.784. The van der Waals surface area contributed by atoms with Crippen LogP contribution in [0.5, 0.6) is 0 Å². The van der Waals surface area contributed by atoms with Crippen molar-refractivity contribution >= 4 is 0 Å². The summed E-state index contributed by atoms with van der Waals surface area (Å²) in [5.41, 5.74) is 1.14. The summed E-state index contributed by atoms with van der Waals surface area (Å²) in [6.45, 7) is 7.94. The van der Waals surface area contributed by atoms with E-state index in [1.807, 2.05) is 24.4 Å². The number of nitrogens with one attached hydrogen (secondary N) is 1. The van der Waals surface area contributed by atoms with Gasteiger partial charge in [0.2, 0.25) is 0 Å². The smallest absolute Gasteiger partial charge is 0.0544 e. The van der Waals surface area contributed by atoms with Crippen molar-refractivity contribution in [2.45, 2.75) is 25.4 Å². The van der Waals surface area contributed by atoms with Crippen LogP contribution in [-0.2, 0) is 6.54 Å². The molecular weight excluding hydrogens is 210 g/mol. The lowest BCUT2D eigenvalue weighted by Gasteiger charge is -2.33. The number of piperidine rings is 1. The Labute approximate surface area is 104 Å². The SMILES string of the molecule is C=CCN(Cc1ccccn1)C1CCCNC1. The molecule has 0 bridgehead atoms. The van der Waals surface area contributed by atoms with E-state index in [0.717, 1.165) is 31.9 Å². The number of rotatable bonds is 5. The fourth-order valence-electron chi connectivity index (χ4n) is 2.35. The van der Waals surface area contributed by atoms with Crippen LogP contribution in [0.4, 0.5) is 0 Å². The van der Waals surface area contributed by atoms with E-state index < -0.39 is 0 Å². The van der Waals surface area contributed by atoms with Crippen molar-refractivity contribution < 1.29 is 0 Å². The van der Waals surface area contributed by atoms with Gasteiger partial charge in [0, 0.05) is 31.9 Å². The Morgan fingerprint density at radius 3 is 3.12 bits per heavy atom. The van der Waals surface area contributed by atoms with Crippen molar-refractivity contribution in [3.05, 3.63) is 42.7 Å². The molecule has 2 heterocycles. The van der Waals surface area contributed by atoms with Gasteiger partial charge in [-0.3, -0.25) is 9.88 Å². The Kier molecular flexibility index (Phi) is 4.71. The van der Waals surface area contributed by atoms with Crippen molar-refractivity contribution in [2.75, 3.05) is 19.6 Å². The summed E-state index contributed by atoms with van der Waals surface area (Å²) >= 11 is 0. The van der Waals surface area contributed by atoms with E-state index in [0.29, 0.717) is 6.04 Å². The lowest BCUT2D eigenvalue weighted by Crippen LogP contribution is -2.45. The van der Waals surface area contributed by atoms with Crippen LogP contribution < -0.4 is 5.32 Å². The van der Waals surface area contributed by atoms with E-state index in [4.69, 9.17) is 0 Å². The van der Waals surface area contributed by atoms with Gasteiger partial charge in [0.1, 0.15) is 0 Å². The molecule has 3 nitrogen and oxygen atoms in total. The molecule has 1 aromatic heterocycles. The lowest BCUT2D eigenvalue weighted by atomic mass is 10.1. The first-order valence-electron chi connectivity index (χ1n) is 6.35. The number of hydrogen-bond acceptors (Lipinski definition) is 3. The zero-order chi connectivity index (χ0) is 11.9. The second kappa shape index (κ2) is 6.52. The third-order valence-electron chi connectivity index (χ3n) is 3.24. The number of nitrogens with zero attached hydrogens (tertiary/aromatic N) is 2. The van der Waals surface area contributed by atoms with Crippen LogP contribution >= 0.6 is 0 Å². The van der Waals surface area contributed by atoms with Gasteiger partial charge < -0.3 is 5.32 Å². The first-order valence-corrected chi connectivity index (χ1v) is 6.35. The molecule has 0 saturated carbocycles. The second-order valence-corrected chi connectivity index (χ2v) is 4.54. The monoisotopic (exact) mass is 231 g/mol. The number of pyridine rings is 1. The van der Waals surface area contributed by atoms with E-state index in [1.54, 1.807) is 0 Å². The molecule has 0 aromatic carbocycles. The Bertz CT molecular complexity index is 331. The Balaban J connectivity index is 1.98. The first-order chi connectivity index (χ1) is 8.40. The molecule has 3 heteroatoms. The minimum Gasteiger partial charge on any atom is -0.315 e. The van der Waals surface area contributed by atoms with Gasteiger partial charge in [0.15, 0.2) is 0 Å². The maximum Gasteiger partial charge on any atom is 0.0544 e. The molecule has 92 valence electrons. The Hall–Kier alpha value is -1.19. The summed E-state index contributed by atoms with van der Waals surface area (Å²) < 4.78 is 0. The summed E-state index contributed by atoms with van der Waals surface area (Å²) in [5, 5.41) is 3.46. The van der Waals surface area contributed by atoms with Gasteiger partial charge >= 0.3 is 0 Å². The Morgan fingerprint density at radius 2 is 2.47 bits per heavy atom. The molecule has 0 amide bonds. The van der Waals surface area contributed by atoms with E-state index in [2.05, 4.69) is 27.8 Å². The van der Waals surface area contributed by atoms with Crippen molar-refractivity contribution in [1.82, 2.24) is 15.2 Å². The predicted octanol–water partition coefficient (Wildman–Crippen LogP) is 1.82. The van der Waals surface area contributed by atoms with E-state index in [9.17, 15) is 0 Å². The third kappa shape index (κ3) is 3.65. The second-order valence-electron chi connectivity index (χ2n) is 4.54. The molecule has 17 heavy (non-hydrogen) atoms. The molecule has 1 aromatic rings. The van der Waals surface area contributed by atoms with Gasteiger partial charge in [-0.25, -0.2) is 0 Å². The first kappa shape index (κ1) is 12.3. The van der Waals surface area contributed by atoms with Crippen LogP contribution in [0.2, 0.25) is 0 Å². The summed E-state index contributed by atoms with van der Waals surface area (Å²) in [7, 11) is 0. The van der Waals surface area contributed by atoms with E-state index >= 15 is 0 Å². The summed E-state index contributed by atoms with van der Waals surface area (Å²) in [6.07, 6.45) is 6.38. The molecule has 0 aliphatic carbocycles. The maximum atomic E-state index is 4.40. The molecule has 1 aliphatic heterocycles. The minimum atomic E-state index is 0.615. The van der Waals surface area contributed by atoms with Gasteiger partial charge in [-0.15, -0.1) is 6.58 Å². The highest BCUT2D eigenvalue weighted by Gasteiger charge is 2.20. The van der Waals surface area contributed by atoms with Gasteiger partial charge in [-0.05, 0) is 31.5 Å². The minimum absolute atomic E-state index is 0.615. The fraction of sp³-hybridized carbons (Fsp3) is 0.500. The average Bonchev–Trinajstić information content (AvgIpc) is 2.40. The van der Waals surface area contributed by atoms with E-state index in [1.165, 1.54) is 12.8 Å². The third-order valence-corrected chi connectivity index (χ3v) is 3.24. The topological polar surface area (TPSA) is 28.2 Å². The van der Waals surface area contributed by atoms with Crippen LogP contribution in [0.1, 0.15) is 18.5 Å². The van der Waals surface area contributed by atoms with Crippen LogP contribution in [0, 0.1) is 0 Å². The number of aromatic nitrogens is 1. The van der Waals surface area contributed by atoms with Crippen LogP contribution in [0.15, 0.2) is 37.1 Å². The normalized spacial score (nSPS) is 20.4. The highest BCUT2D eigenvalue weighted by atomic mass is 15.2. The van der Waals surface area contributed by atoms with Crippen LogP contribution in [-0.4, -0.2) is 35.6 Å². The highest BCUT2D eigenvalue weighted by molar-refractivity contribution is 5.04. The van der Waals surface area contributed by atoms with Crippen molar-refractivity contribution in [3.8, 4) is 0 Å². The molecule has 0 spiro atoms. The van der Waals surface area contributed by atoms with Crippen LogP contribution in [0.3, 0.4) is 0 Å². The molecule has 1 fully saturated rings. The molecule has 1 N–H and O–H groups in total. The lowest BCUT2D eigenvalue weighted by molar-refractivity contribution is 0.173. The largest absolute Gasteiger partial charge is 0.315 e. The number of hydrogen-bond donors (Lipinski definition) is 1. The van der Waals surface area contributed by atoms with Gasteiger partial charge in [0.25, 0.3) is 0 Å². The van der Waals surface area contributed by atoms with E-state index in [-0.39, 0.29) is 0 Å². The summed E-state index contributed by atoms with van der Waals surface area (Å²) in [5.74, 6) is 0. The van der Waals surface area contributed by atoms with Crippen molar-refractivity contribution in [3.63, 3.8) is 0 Å². The molecule has 1 saturated heterocycles. The van der Waals surface area contributed by atoms with Gasteiger partial charge in [-0.2, -0.15) is 0 Å². The fourth-order valence-corrected chi connectivity index (χ4v) is 2.35. The zero-order valence-electron chi connectivity index (χ0n) is 10.3. The van der Waals surface area contributed by atoms with Gasteiger partial charge in [-0.1, -0.05) is 12.1 Å². The van der Waals surface area contributed by atoms with Gasteiger partial charge in [0.05, 0.1) is 5.69 Å². The van der Waals surface area contributed by atoms with Crippen molar-refractivity contribution in [2.24, 2.45) is 0 Å². The van der Waals surface area contributed by atoms with Crippen LogP contribution in [0.25, 0.3) is 0 Å². The molecule has 0 radical (unpaired) electrons. The Morgan fingerprint density at radius 1 is 1.53 bits per heavy atom. The average molecular weight is 231 g/mol. The maximum absolute atomic E-state index is 4.40. The predicted molar refractivity (Wildman–Crippen MR) is 70.7 cm³/mol. The zero-order valence-corrected chi connectivity index (χ0v) is 10.3. The molecular formula is C14H21N3. The molecule has 1 unspecified atom stereocenters. The summed E-state index contributed by atoms with van der Waals surface area (Å²) in [4.78, 5) is 6.86. The molecule has 2 rings (SSSR count). The highest BCUT2D eigenvalue weighted by Crippen LogP contribution is 2.13. The molecule has 1 aliphatic rings. The summed E-state index contributed by atoms with van der Waals surface area (Å²) in [6, 6.07) is 6.72. The standard InChI is InChI=1S/C14H21N3/c1-2-10-17(14-7-5-8-15-11-14)12-13-6-3-4-9-16-13/h2-4,6,9,14-15H,1,5,7-8,10-12H2.